The molecule has 2 amide bonds. The van der Waals surface area contributed by atoms with Gasteiger partial charge in [0.15, 0.2) is 0 Å². The summed E-state index contributed by atoms with van der Waals surface area (Å²) in [6, 6.07) is 17.4. The van der Waals surface area contributed by atoms with Crippen LogP contribution in [0, 0.1) is 11.3 Å². The second kappa shape index (κ2) is 21.0. The summed E-state index contributed by atoms with van der Waals surface area (Å²) in [5.41, 5.74) is 1.29. The van der Waals surface area contributed by atoms with Crippen molar-refractivity contribution in [1.82, 2.24) is 20.3 Å². The third kappa shape index (κ3) is 16.3. The van der Waals surface area contributed by atoms with E-state index in [1.54, 1.807) is 0 Å². The number of aliphatic hydroxyl groups excluding tert-OH is 1. The first-order valence-corrected chi connectivity index (χ1v) is 17.5. The van der Waals surface area contributed by atoms with Gasteiger partial charge in [-0.25, -0.2) is 8.42 Å². The van der Waals surface area contributed by atoms with Gasteiger partial charge < -0.3 is 21.1 Å². The highest BCUT2D eigenvalue weighted by molar-refractivity contribution is 7.88. The molecule has 250 valence electrons. The van der Waals surface area contributed by atoms with Gasteiger partial charge in [0, 0.05) is 19.6 Å². The van der Waals surface area contributed by atoms with Crippen LogP contribution in [0.15, 0.2) is 60.7 Å². The van der Waals surface area contributed by atoms with Crippen LogP contribution in [0.25, 0.3) is 0 Å². The number of nitrogens with zero attached hydrogens (tertiary/aromatic N) is 1. The molecule has 44 heavy (non-hydrogen) atoms. The fraction of sp³-hybridized carbons (Fsp3) is 0.588. The number of sulfonamides is 1. The van der Waals surface area contributed by atoms with Crippen LogP contribution in [-0.4, -0.2) is 73.7 Å². The molecule has 0 unspecified atom stereocenters. The number of benzene rings is 2. The number of aliphatic hydroxyl groups is 1. The molecular weight excluding hydrogens is 576 g/mol. The first-order valence-electron chi connectivity index (χ1n) is 15.7. The summed E-state index contributed by atoms with van der Waals surface area (Å²) in [5, 5.41) is 20.1. The predicted molar refractivity (Wildman–Crippen MR) is 182 cm³/mol. The quantitative estimate of drug-likeness (QED) is 0.231. The predicted octanol–water partition coefficient (Wildman–Crippen LogP) is 4.37. The van der Waals surface area contributed by atoms with Crippen LogP contribution < -0.4 is 16.0 Å². The Balaban J connectivity index is 0.00000443. The Morgan fingerprint density at radius 3 is 1.80 bits per heavy atom. The standard InChI is InChI=1S/C30H46N4O5S.2C2H6/c1-22(2)20-34(40(6,38)39)21-26(35)25(17-23-13-9-7-10-14-23)32-29(37)28(30(3,4)5)33-27(36)19-31-18-24-15-11-8-12-16-24;2*1-2/h7-16,22,25-26,28,31,35H,17-21H2,1-6H3,(H,32,37)(H,33,36);2*1-2H3/t25-,26+,28+;;/m0../s1. The van der Waals surface area contributed by atoms with Crippen molar-refractivity contribution < 1.29 is 23.1 Å². The van der Waals surface area contributed by atoms with E-state index in [1.807, 2.05) is 123 Å². The lowest BCUT2D eigenvalue weighted by Crippen LogP contribution is -2.59. The van der Waals surface area contributed by atoms with E-state index in [4.69, 9.17) is 0 Å². The Labute approximate surface area is 267 Å². The van der Waals surface area contributed by atoms with Crippen molar-refractivity contribution in [3.8, 4) is 0 Å². The van der Waals surface area contributed by atoms with E-state index in [-0.39, 0.29) is 37.9 Å². The van der Waals surface area contributed by atoms with E-state index in [2.05, 4.69) is 16.0 Å². The number of rotatable bonds is 15. The second-order valence-electron chi connectivity index (χ2n) is 11.8. The lowest BCUT2D eigenvalue weighted by Gasteiger charge is -2.34. The molecule has 0 radical (unpaired) electrons. The Morgan fingerprint density at radius 1 is 0.841 bits per heavy atom. The van der Waals surface area contributed by atoms with Crippen LogP contribution in [0.2, 0.25) is 0 Å². The number of nitrogens with one attached hydrogen (secondary N) is 3. The highest BCUT2D eigenvalue weighted by Gasteiger charge is 2.36. The van der Waals surface area contributed by atoms with E-state index >= 15 is 0 Å². The lowest BCUT2D eigenvalue weighted by molar-refractivity contribution is -0.132. The number of carbonyl (C=O) groups excluding carboxylic acids is 2. The smallest absolute Gasteiger partial charge is 0.243 e. The number of hydrogen-bond donors (Lipinski definition) is 4. The first-order chi connectivity index (χ1) is 20.7. The molecule has 0 saturated carbocycles. The molecule has 0 heterocycles. The van der Waals surface area contributed by atoms with Crippen LogP contribution >= 0.6 is 0 Å². The molecule has 2 aromatic carbocycles. The van der Waals surface area contributed by atoms with Crippen molar-refractivity contribution >= 4 is 21.8 Å². The lowest BCUT2D eigenvalue weighted by atomic mass is 9.85. The fourth-order valence-corrected chi connectivity index (χ4v) is 5.30. The third-order valence-electron chi connectivity index (χ3n) is 6.41. The summed E-state index contributed by atoms with van der Waals surface area (Å²) in [7, 11) is -3.58. The molecule has 2 aromatic rings. The zero-order valence-corrected chi connectivity index (χ0v) is 29.4. The Morgan fingerprint density at radius 2 is 1.34 bits per heavy atom. The van der Waals surface area contributed by atoms with Crippen molar-refractivity contribution in [2.24, 2.45) is 11.3 Å². The van der Waals surface area contributed by atoms with Gasteiger partial charge in [0.05, 0.1) is 24.9 Å². The van der Waals surface area contributed by atoms with Crippen molar-refractivity contribution in [3.63, 3.8) is 0 Å². The van der Waals surface area contributed by atoms with Gasteiger partial charge in [-0.1, -0.05) is 123 Å². The van der Waals surface area contributed by atoms with Gasteiger partial charge in [0.25, 0.3) is 0 Å². The SMILES string of the molecule is CC.CC.CC(C)CN(C[C@@H](O)[C@H](Cc1ccccc1)NC(=O)[C@@H](NC(=O)CNCc1ccccc1)C(C)(C)C)S(C)(=O)=O. The van der Waals surface area contributed by atoms with E-state index in [0.717, 1.165) is 17.4 Å². The van der Waals surface area contributed by atoms with Gasteiger partial charge in [-0.15, -0.1) is 0 Å². The topological polar surface area (TPSA) is 128 Å². The van der Waals surface area contributed by atoms with Crippen molar-refractivity contribution in [2.45, 2.75) is 93.5 Å². The fourth-order valence-electron chi connectivity index (χ4n) is 4.31. The largest absolute Gasteiger partial charge is 0.390 e. The normalized spacial score (nSPS) is 13.5. The number of carbonyl (C=O) groups is 2. The van der Waals surface area contributed by atoms with Crippen LogP contribution in [0.1, 0.15) is 73.4 Å². The van der Waals surface area contributed by atoms with Gasteiger partial charge in [-0.3, -0.25) is 9.59 Å². The Kier molecular flexibility index (Phi) is 19.7. The molecule has 0 aliphatic rings. The molecule has 0 bridgehead atoms. The molecular formula is C34H58N4O5S. The minimum absolute atomic E-state index is 0.0311. The Bertz CT molecular complexity index is 1170. The summed E-state index contributed by atoms with van der Waals surface area (Å²) in [4.78, 5) is 26.4. The zero-order valence-electron chi connectivity index (χ0n) is 28.6. The molecule has 0 fully saturated rings. The van der Waals surface area contributed by atoms with Gasteiger partial charge in [0.2, 0.25) is 21.8 Å². The average Bonchev–Trinajstić information content (AvgIpc) is 2.97. The number of amides is 2. The van der Waals surface area contributed by atoms with Gasteiger partial charge in [-0.2, -0.15) is 4.31 Å². The second-order valence-corrected chi connectivity index (χ2v) is 13.8. The number of hydrogen-bond acceptors (Lipinski definition) is 6. The van der Waals surface area contributed by atoms with E-state index in [1.165, 1.54) is 4.31 Å². The monoisotopic (exact) mass is 634 g/mol. The average molecular weight is 635 g/mol. The van der Waals surface area contributed by atoms with E-state index in [0.29, 0.717) is 6.54 Å². The highest BCUT2D eigenvalue weighted by Crippen LogP contribution is 2.20. The Hall–Kier alpha value is -2.79. The molecule has 0 saturated heterocycles. The highest BCUT2D eigenvalue weighted by atomic mass is 32.2. The maximum Gasteiger partial charge on any atom is 0.243 e. The van der Waals surface area contributed by atoms with Gasteiger partial charge in [0.1, 0.15) is 6.04 Å². The minimum atomic E-state index is -3.58. The van der Waals surface area contributed by atoms with Crippen LogP contribution in [0.5, 0.6) is 0 Å². The van der Waals surface area contributed by atoms with Crippen LogP contribution in [-0.2, 0) is 32.6 Å². The molecule has 0 aliphatic heterocycles. The van der Waals surface area contributed by atoms with Gasteiger partial charge in [-0.05, 0) is 28.9 Å². The van der Waals surface area contributed by atoms with Gasteiger partial charge >= 0.3 is 0 Å². The molecule has 2 rings (SSSR count). The summed E-state index contributed by atoms with van der Waals surface area (Å²) >= 11 is 0. The molecule has 0 aliphatic carbocycles. The van der Waals surface area contributed by atoms with Crippen molar-refractivity contribution in [2.75, 3.05) is 25.9 Å². The van der Waals surface area contributed by atoms with Crippen molar-refractivity contribution in [3.05, 3.63) is 71.8 Å². The maximum atomic E-state index is 13.6. The molecule has 10 heteroatoms. The zero-order chi connectivity index (χ0) is 33.9. The first kappa shape index (κ1) is 41.2. The minimum Gasteiger partial charge on any atom is -0.390 e. The van der Waals surface area contributed by atoms with Crippen LogP contribution in [0.3, 0.4) is 0 Å². The summed E-state index contributed by atoms with van der Waals surface area (Å²) < 4.78 is 26.1. The summed E-state index contributed by atoms with van der Waals surface area (Å²) in [6.45, 7) is 18.0. The summed E-state index contributed by atoms with van der Waals surface area (Å²) in [5.74, 6) is -0.718. The summed E-state index contributed by atoms with van der Waals surface area (Å²) in [6.07, 6.45) is 0.224. The maximum absolute atomic E-state index is 13.6. The van der Waals surface area contributed by atoms with Crippen LogP contribution in [0.4, 0.5) is 0 Å². The molecule has 0 spiro atoms. The van der Waals surface area contributed by atoms with E-state index < -0.39 is 39.5 Å². The molecule has 3 atom stereocenters. The molecule has 4 N–H and O–H groups in total. The molecule has 0 aromatic heterocycles. The molecule has 9 nitrogen and oxygen atoms in total. The van der Waals surface area contributed by atoms with E-state index in [9.17, 15) is 23.1 Å². The third-order valence-corrected chi connectivity index (χ3v) is 7.65. The van der Waals surface area contributed by atoms with Crippen molar-refractivity contribution in [1.29, 1.82) is 0 Å².